The smallest absolute Gasteiger partial charge is 0.137 e. The zero-order valence-corrected chi connectivity index (χ0v) is 15.3. The molecule has 1 N–H and O–H groups in total. The Balaban J connectivity index is 1.52. The molecule has 122 valence electrons. The molecule has 3 nitrogen and oxygen atoms in total. The molecule has 2 aromatic heterocycles. The molecule has 0 radical (unpaired) electrons. The molecule has 0 saturated carbocycles. The first kappa shape index (κ1) is 15.6. The number of pyridine rings is 1. The number of H-pyrrole nitrogens is 1. The van der Waals surface area contributed by atoms with E-state index in [0.29, 0.717) is 0 Å². The number of nitrogens with zero attached hydrogens (tertiary/aromatic N) is 2. The summed E-state index contributed by atoms with van der Waals surface area (Å²) in [7, 11) is 0. The van der Waals surface area contributed by atoms with E-state index in [-0.39, 0.29) is 0 Å². The summed E-state index contributed by atoms with van der Waals surface area (Å²) in [6.45, 7) is 5.27. The molecule has 24 heavy (non-hydrogen) atoms. The topological polar surface area (TPSA) is 31.9 Å². The van der Waals surface area contributed by atoms with Crippen LogP contribution in [0.5, 0.6) is 0 Å². The maximum Gasteiger partial charge on any atom is 0.137 e. The maximum absolute atomic E-state index is 4.39. The zero-order chi connectivity index (χ0) is 16.5. The summed E-state index contributed by atoms with van der Waals surface area (Å²) in [5.41, 5.74) is 6.46. The molecule has 0 bridgehead atoms. The van der Waals surface area contributed by atoms with Gasteiger partial charge in [0, 0.05) is 47.5 Å². The highest BCUT2D eigenvalue weighted by molar-refractivity contribution is 9.10. The van der Waals surface area contributed by atoms with Gasteiger partial charge in [-0.2, -0.15) is 0 Å². The van der Waals surface area contributed by atoms with E-state index in [0.717, 1.165) is 36.2 Å². The normalized spacial score (nSPS) is 15.7. The Morgan fingerprint density at radius 2 is 2.21 bits per heavy atom. The number of aryl methyl sites for hydroxylation is 1. The van der Waals surface area contributed by atoms with Crippen molar-refractivity contribution >= 4 is 32.5 Å². The van der Waals surface area contributed by atoms with Gasteiger partial charge in [0.1, 0.15) is 5.65 Å². The molecule has 3 aromatic rings. The highest BCUT2D eigenvalue weighted by Gasteiger charge is 2.16. The van der Waals surface area contributed by atoms with Gasteiger partial charge in [-0.05, 0) is 54.3 Å². The summed E-state index contributed by atoms with van der Waals surface area (Å²) >= 11 is 3.58. The van der Waals surface area contributed by atoms with Gasteiger partial charge in [0.05, 0.1) is 0 Å². The Kier molecular flexibility index (Phi) is 4.25. The number of rotatable bonds is 3. The number of fused-ring (bicyclic) bond motifs is 1. The zero-order valence-electron chi connectivity index (χ0n) is 13.7. The molecule has 0 spiro atoms. The van der Waals surface area contributed by atoms with Gasteiger partial charge < -0.3 is 4.98 Å². The molecule has 4 rings (SSSR count). The van der Waals surface area contributed by atoms with Crippen LogP contribution in [0.1, 0.15) is 23.1 Å². The largest absolute Gasteiger partial charge is 0.346 e. The van der Waals surface area contributed by atoms with Crippen LogP contribution in [0.15, 0.2) is 53.3 Å². The van der Waals surface area contributed by atoms with Crippen molar-refractivity contribution in [3.63, 3.8) is 0 Å². The van der Waals surface area contributed by atoms with Crippen LogP contribution < -0.4 is 0 Å². The van der Waals surface area contributed by atoms with E-state index >= 15 is 0 Å². The SMILES string of the molecule is Cc1ccc(Br)cc1CN1CC=C(c2c[nH]c3ncccc23)CC1. The minimum absolute atomic E-state index is 0.973. The van der Waals surface area contributed by atoms with Gasteiger partial charge in [-0.25, -0.2) is 4.98 Å². The van der Waals surface area contributed by atoms with Gasteiger partial charge in [-0.1, -0.05) is 28.1 Å². The minimum atomic E-state index is 0.973. The van der Waals surface area contributed by atoms with Crippen LogP contribution in [-0.2, 0) is 6.54 Å². The van der Waals surface area contributed by atoms with Crippen LogP contribution in [0, 0.1) is 6.92 Å². The number of halogens is 1. The number of aromatic amines is 1. The predicted octanol–water partition coefficient (Wildman–Crippen LogP) is 4.92. The molecular formula is C20H20BrN3. The molecule has 1 aliphatic rings. The average molecular weight is 382 g/mol. The van der Waals surface area contributed by atoms with Gasteiger partial charge in [0.15, 0.2) is 0 Å². The van der Waals surface area contributed by atoms with Gasteiger partial charge in [0.2, 0.25) is 0 Å². The van der Waals surface area contributed by atoms with Crippen molar-refractivity contribution in [1.29, 1.82) is 0 Å². The molecule has 0 fully saturated rings. The Morgan fingerprint density at radius 1 is 1.29 bits per heavy atom. The first-order chi connectivity index (χ1) is 11.7. The van der Waals surface area contributed by atoms with E-state index < -0.39 is 0 Å². The lowest BCUT2D eigenvalue weighted by molar-refractivity contribution is 0.293. The van der Waals surface area contributed by atoms with Gasteiger partial charge >= 0.3 is 0 Å². The van der Waals surface area contributed by atoms with E-state index in [9.17, 15) is 0 Å². The highest BCUT2D eigenvalue weighted by Crippen LogP contribution is 2.29. The molecule has 4 heteroatoms. The molecule has 1 aromatic carbocycles. The molecule has 0 aliphatic carbocycles. The van der Waals surface area contributed by atoms with Crippen LogP contribution in [0.2, 0.25) is 0 Å². The number of benzene rings is 1. The van der Waals surface area contributed by atoms with E-state index in [4.69, 9.17) is 0 Å². The standard InChI is InChI=1S/C20H20BrN3/c1-14-4-5-17(21)11-16(14)13-24-9-6-15(7-10-24)19-12-23-20-18(19)3-2-8-22-20/h2-6,8,11-12H,7,9-10,13H2,1H3,(H,22,23). The van der Waals surface area contributed by atoms with Crippen molar-refractivity contribution in [2.75, 3.05) is 13.1 Å². The van der Waals surface area contributed by atoms with E-state index in [1.807, 2.05) is 12.3 Å². The second kappa shape index (κ2) is 6.54. The van der Waals surface area contributed by atoms with Crippen molar-refractivity contribution in [3.05, 3.63) is 70.0 Å². The lowest BCUT2D eigenvalue weighted by Gasteiger charge is -2.27. The van der Waals surface area contributed by atoms with E-state index in [1.165, 1.54) is 27.6 Å². The maximum atomic E-state index is 4.39. The second-order valence-corrected chi connectivity index (χ2v) is 7.30. The third kappa shape index (κ3) is 3.04. The van der Waals surface area contributed by atoms with Gasteiger partial charge in [0.25, 0.3) is 0 Å². The Bertz CT molecular complexity index is 910. The predicted molar refractivity (Wildman–Crippen MR) is 103 cm³/mol. The van der Waals surface area contributed by atoms with Crippen molar-refractivity contribution in [1.82, 2.24) is 14.9 Å². The van der Waals surface area contributed by atoms with Gasteiger partial charge in [-0.3, -0.25) is 4.90 Å². The number of hydrogen-bond donors (Lipinski definition) is 1. The summed E-state index contributed by atoms with van der Waals surface area (Å²) in [5.74, 6) is 0. The summed E-state index contributed by atoms with van der Waals surface area (Å²) in [4.78, 5) is 10.2. The van der Waals surface area contributed by atoms with Crippen LogP contribution in [0.4, 0.5) is 0 Å². The van der Waals surface area contributed by atoms with Crippen molar-refractivity contribution in [2.45, 2.75) is 19.9 Å². The fourth-order valence-corrected chi connectivity index (χ4v) is 3.78. The first-order valence-electron chi connectivity index (χ1n) is 8.29. The minimum Gasteiger partial charge on any atom is -0.346 e. The Morgan fingerprint density at radius 3 is 3.04 bits per heavy atom. The second-order valence-electron chi connectivity index (χ2n) is 6.39. The number of aromatic nitrogens is 2. The summed E-state index contributed by atoms with van der Waals surface area (Å²) in [6, 6.07) is 10.7. The van der Waals surface area contributed by atoms with E-state index in [2.05, 4.69) is 74.3 Å². The summed E-state index contributed by atoms with van der Waals surface area (Å²) < 4.78 is 1.16. The van der Waals surface area contributed by atoms with Crippen LogP contribution in [0.25, 0.3) is 16.6 Å². The van der Waals surface area contributed by atoms with E-state index in [1.54, 1.807) is 0 Å². The fourth-order valence-electron chi connectivity index (χ4n) is 3.37. The number of hydrogen-bond acceptors (Lipinski definition) is 2. The molecule has 0 amide bonds. The van der Waals surface area contributed by atoms with Crippen molar-refractivity contribution in [3.8, 4) is 0 Å². The third-order valence-corrected chi connectivity index (χ3v) is 5.29. The molecule has 0 atom stereocenters. The van der Waals surface area contributed by atoms with Gasteiger partial charge in [-0.15, -0.1) is 0 Å². The molecule has 3 heterocycles. The Hall–Kier alpha value is -1.91. The van der Waals surface area contributed by atoms with Crippen LogP contribution in [0.3, 0.4) is 0 Å². The average Bonchev–Trinajstić information content (AvgIpc) is 3.03. The lowest BCUT2D eigenvalue weighted by Crippen LogP contribution is -2.28. The molecule has 0 saturated heterocycles. The van der Waals surface area contributed by atoms with Crippen molar-refractivity contribution in [2.24, 2.45) is 0 Å². The first-order valence-corrected chi connectivity index (χ1v) is 9.09. The summed E-state index contributed by atoms with van der Waals surface area (Å²) in [5, 5.41) is 1.22. The Labute approximate surface area is 150 Å². The number of nitrogens with one attached hydrogen (secondary N) is 1. The highest BCUT2D eigenvalue weighted by atomic mass is 79.9. The summed E-state index contributed by atoms with van der Waals surface area (Å²) in [6.07, 6.45) is 7.37. The lowest BCUT2D eigenvalue weighted by atomic mass is 9.99. The van der Waals surface area contributed by atoms with Crippen LogP contribution in [-0.4, -0.2) is 28.0 Å². The fraction of sp³-hybridized carbons (Fsp3) is 0.250. The monoisotopic (exact) mass is 381 g/mol. The third-order valence-electron chi connectivity index (χ3n) is 4.80. The quantitative estimate of drug-likeness (QED) is 0.697. The molecule has 1 aliphatic heterocycles. The van der Waals surface area contributed by atoms with Crippen LogP contribution >= 0.6 is 15.9 Å². The molecule has 0 unspecified atom stereocenters. The van der Waals surface area contributed by atoms with Crippen molar-refractivity contribution < 1.29 is 0 Å². The molecular weight excluding hydrogens is 362 g/mol.